The van der Waals surface area contributed by atoms with Crippen LogP contribution in [-0.2, 0) is 11.0 Å². The molecule has 5 nitrogen and oxygen atoms in total. The molecule has 1 amide bonds. The summed E-state index contributed by atoms with van der Waals surface area (Å²) in [5.74, 6) is -0.450. The van der Waals surface area contributed by atoms with Gasteiger partial charge >= 0.3 is 6.18 Å². The van der Waals surface area contributed by atoms with Crippen LogP contribution >= 0.6 is 12.4 Å². The molecule has 0 saturated carbocycles. The molecule has 3 rings (SSSR count). The molecule has 1 aromatic heterocycles. The molecule has 9 heteroatoms. The van der Waals surface area contributed by atoms with E-state index in [1.165, 1.54) is 12.3 Å². The van der Waals surface area contributed by atoms with Gasteiger partial charge in [-0.25, -0.2) is 4.98 Å². The van der Waals surface area contributed by atoms with Crippen LogP contribution in [0.15, 0.2) is 18.3 Å². The normalized spacial score (nSPS) is 23.9. The SMILES string of the molecule is Cl.O=C(N[C@H]1CCCNC1)C1CCCN(c2ncccc2C(F)(F)F)C1. The first-order valence-corrected chi connectivity index (χ1v) is 8.73. The third kappa shape index (κ3) is 5.01. The Hall–Kier alpha value is -1.54. The summed E-state index contributed by atoms with van der Waals surface area (Å²) in [7, 11) is 0. The summed E-state index contributed by atoms with van der Waals surface area (Å²) in [4.78, 5) is 18.1. The molecule has 2 fully saturated rings. The van der Waals surface area contributed by atoms with Gasteiger partial charge in [0.15, 0.2) is 0 Å². The van der Waals surface area contributed by atoms with E-state index >= 15 is 0 Å². The molecule has 1 unspecified atom stereocenters. The maximum absolute atomic E-state index is 13.2. The minimum Gasteiger partial charge on any atom is -0.355 e. The Bertz CT molecular complexity index is 608. The van der Waals surface area contributed by atoms with Gasteiger partial charge in [0.05, 0.1) is 11.5 Å². The Kier molecular flexibility index (Phi) is 7.11. The molecule has 146 valence electrons. The maximum atomic E-state index is 13.2. The molecule has 0 bridgehead atoms. The molecule has 0 spiro atoms. The van der Waals surface area contributed by atoms with E-state index in [-0.39, 0.29) is 42.6 Å². The number of pyridine rings is 1. The van der Waals surface area contributed by atoms with Gasteiger partial charge in [-0.1, -0.05) is 0 Å². The van der Waals surface area contributed by atoms with Crippen LogP contribution in [-0.4, -0.2) is 43.1 Å². The molecular formula is C17H24ClF3N4O. The molecule has 26 heavy (non-hydrogen) atoms. The number of carbonyl (C=O) groups excluding carboxylic acids is 1. The number of carbonyl (C=O) groups is 1. The smallest absolute Gasteiger partial charge is 0.355 e. The monoisotopic (exact) mass is 392 g/mol. The number of alkyl halides is 3. The van der Waals surface area contributed by atoms with Gasteiger partial charge in [0.25, 0.3) is 0 Å². The quantitative estimate of drug-likeness (QED) is 0.830. The number of nitrogens with zero attached hydrogens (tertiary/aromatic N) is 2. The molecule has 2 N–H and O–H groups in total. The van der Waals surface area contributed by atoms with Crippen LogP contribution < -0.4 is 15.5 Å². The van der Waals surface area contributed by atoms with E-state index in [1.807, 2.05) is 0 Å². The average Bonchev–Trinajstić information content (AvgIpc) is 2.62. The van der Waals surface area contributed by atoms with Crippen molar-refractivity contribution in [2.45, 2.75) is 37.9 Å². The lowest BCUT2D eigenvalue weighted by Gasteiger charge is -2.35. The minimum atomic E-state index is -4.45. The van der Waals surface area contributed by atoms with E-state index in [1.54, 1.807) is 4.90 Å². The number of nitrogens with one attached hydrogen (secondary N) is 2. The van der Waals surface area contributed by atoms with E-state index in [2.05, 4.69) is 15.6 Å². The summed E-state index contributed by atoms with van der Waals surface area (Å²) in [6.45, 7) is 2.46. The van der Waals surface area contributed by atoms with Crippen LogP contribution in [0.3, 0.4) is 0 Å². The highest BCUT2D eigenvalue weighted by Crippen LogP contribution is 2.36. The first-order chi connectivity index (χ1) is 11.9. The third-order valence-electron chi connectivity index (χ3n) is 4.83. The van der Waals surface area contributed by atoms with Crippen molar-refractivity contribution in [3.63, 3.8) is 0 Å². The summed E-state index contributed by atoms with van der Waals surface area (Å²) in [6.07, 6.45) is 0.234. The molecule has 2 aliphatic heterocycles. The lowest BCUT2D eigenvalue weighted by molar-refractivity contribution is -0.137. The highest BCUT2D eigenvalue weighted by atomic mass is 35.5. The van der Waals surface area contributed by atoms with Crippen molar-refractivity contribution in [2.75, 3.05) is 31.1 Å². The zero-order chi connectivity index (χ0) is 17.9. The van der Waals surface area contributed by atoms with Crippen LogP contribution in [0.25, 0.3) is 0 Å². The highest BCUT2D eigenvalue weighted by molar-refractivity contribution is 5.85. The fraction of sp³-hybridized carbons (Fsp3) is 0.647. The third-order valence-corrected chi connectivity index (χ3v) is 4.83. The van der Waals surface area contributed by atoms with Crippen LogP contribution in [0, 0.1) is 5.92 Å². The van der Waals surface area contributed by atoms with Crippen molar-refractivity contribution < 1.29 is 18.0 Å². The number of aromatic nitrogens is 1. The molecule has 3 heterocycles. The lowest BCUT2D eigenvalue weighted by Crippen LogP contribution is -2.50. The Morgan fingerprint density at radius 1 is 1.31 bits per heavy atom. The van der Waals surface area contributed by atoms with Gasteiger partial charge in [-0.15, -0.1) is 12.4 Å². The van der Waals surface area contributed by atoms with Crippen molar-refractivity contribution in [1.82, 2.24) is 15.6 Å². The Morgan fingerprint density at radius 2 is 2.12 bits per heavy atom. The van der Waals surface area contributed by atoms with Crippen molar-refractivity contribution in [1.29, 1.82) is 0 Å². The average molecular weight is 393 g/mol. The molecule has 1 aromatic rings. The summed E-state index contributed by atoms with van der Waals surface area (Å²) >= 11 is 0. The standard InChI is InChI=1S/C17H23F3N4O.ClH/c18-17(19,20)14-6-2-8-22-15(14)24-9-3-4-12(11-24)16(25)23-13-5-1-7-21-10-13;/h2,6,8,12-13,21H,1,3-5,7,9-11H2,(H,23,25);1H/t12?,13-;/m0./s1. The van der Waals surface area contributed by atoms with Crippen LogP contribution in [0.4, 0.5) is 19.0 Å². The zero-order valence-corrected chi connectivity index (χ0v) is 15.2. The Labute approximate surface area is 157 Å². The number of hydrogen-bond acceptors (Lipinski definition) is 4. The largest absolute Gasteiger partial charge is 0.419 e. The Balaban J connectivity index is 0.00000243. The van der Waals surface area contributed by atoms with E-state index in [4.69, 9.17) is 0 Å². The topological polar surface area (TPSA) is 57.3 Å². The van der Waals surface area contributed by atoms with Gasteiger partial charge in [-0.05, 0) is 44.4 Å². The van der Waals surface area contributed by atoms with E-state index in [9.17, 15) is 18.0 Å². The van der Waals surface area contributed by atoms with Crippen molar-refractivity contribution >= 4 is 24.1 Å². The number of piperidine rings is 2. The van der Waals surface area contributed by atoms with Crippen LogP contribution in [0.1, 0.15) is 31.2 Å². The van der Waals surface area contributed by atoms with Gasteiger partial charge in [0, 0.05) is 31.9 Å². The van der Waals surface area contributed by atoms with E-state index in [0.717, 1.165) is 32.0 Å². The zero-order valence-electron chi connectivity index (χ0n) is 14.4. The minimum absolute atomic E-state index is 0. The van der Waals surface area contributed by atoms with Crippen molar-refractivity contribution in [3.05, 3.63) is 23.9 Å². The molecule has 0 aliphatic carbocycles. The molecule has 2 saturated heterocycles. The van der Waals surface area contributed by atoms with Gasteiger partial charge in [0.1, 0.15) is 5.82 Å². The van der Waals surface area contributed by atoms with E-state index < -0.39 is 11.7 Å². The van der Waals surface area contributed by atoms with Crippen molar-refractivity contribution in [2.24, 2.45) is 5.92 Å². The fourth-order valence-corrected chi connectivity index (χ4v) is 3.55. The molecular weight excluding hydrogens is 369 g/mol. The van der Waals surface area contributed by atoms with Crippen LogP contribution in [0.2, 0.25) is 0 Å². The Morgan fingerprint density at radius 3 is 2.81 bits per heavy atom. The van der Waals surface area contributed by atoms with E-state index in [0.29, 0.717) is 19.4 Å². The molecule has 2 atom stereocenters. The predicted octanol–water partition coefficient (Wildman–Crippen LogP) is 2.61. The molecule has 2 aliphatic rings. The second-order valence-electron chi connectivity index (χ2n) is 6.71. The number of rotatable bonds is 3. The molecule has 0 radical (unpaired) electrons. The highest BCUT2D eigenvalue weighted by Gasteiger charge is 2.37. The first kappa shape index (κ1) is 20.8. The van der Waals surface area contributed by atoms with Crippen molar-refractivity contribution in [3.8, 4) is 0 Å². The summed E-state index contributed by atoms with van der Waals surface area (Å²) < 4.78 is 39.6. The number of anilines is 1. The van der Waals surface area contributed by atoms with Gasteiger partial charge in [0.2, 0.25) is 5.91 Å². The van der Waals surface area contributed by atoms with Crippen LogP contribution in [0.5, 0.6) is 0 Å². The summed E-state index contributed by atoms with van der Waals surface area (Å²) in [6, 6.07) is 2.44. The summed E-state index contributed by atoms with van der Waals surface area (Å²) in [5, 5.41) is 6.28. The first-order valence-electron chi connectivity index (χ1n) is 8.73. The second kappa shape index (κ2) is 8.90. The lowest BCUT2D eigenvalue weighted by atomic mass is 9.95. The number of amides is 1. The summed E-state index contributed by atoms with van der Waals surface area (Å²) in [5.41, 5.74) is -0.743. The molecule has 0 aromatic carbocycles. The maximum Gasteiger partial charge on any atom is 0.419 e. The number of hydrogen-bond donors (Lipinski definition) is 2. The van der Waals surface area contributed by atoms with Gasteiger partial charge in [-0.3, -0.25) is 4.79 Å². The van der Waals surface area contributed by atoms with Gasteiger partial charge in [-0.2, -0.15) is 13.2 Å². The van der Waals surface area contributed by atoms with Gasteiger partial charge < -0.3 is 15.5 Å². The second-order valence-corrected chi connectivity index (χ2v) is 6.71. The fourth-order valence-electron chi connectivity index (χ4n) is 3.55. The predicted molar refractivity (Wildman–Crippen MR) is 95.5 cm³/mol. The number of halogens is 4.